The monoisotopic (exact) mass is 818 g/mol. The quantitative estimate of drug-likeness (QED) is 0.148. The normalized spacial score (nSPS) is 16.2. The zero-order chi connectivity index (χ0) is 42.6. The Hall–Kier alpha value is -7.94. The van der Waals surface area contributed by atoms with E-state index in [9.17, 15) is 0 Å². The topological polar surface area (TPSA) is 8.17 Å². The van der Waals surface area contributed by atoms with Crippen molar-refractivity contribution < 1.29 is 0 Å². The van der Waals surface area contributed by atoms with E-state index >= 15 is 0 Å². The molecule has 2 unspecified atom stereocenters. The Kier molecular flexibility index (Phi) is 9.12. The van der Waals surface area contributed by atoms with Gasteiger partial charge in [0.15, 0.2) is 0 Å². The summed E-state index contributed by atoms with van der Waals surface area (Å²) < 4.78 is 2.38. The molecule has 2 aliphatic rings. The Bertz CT molecular complexity index is 3320. The molecule has 0 saturated carbocycles. The van der Waals surface area contributed by atoms with Gasteiger partial charge in [0.1, 0.15) is 0 Å². The largest absolute Gasteiger partial charge is 0.311 e. The summed E-state index contributed by atoms with van der Waals surface area (Å²) in [5.74, 6) is 0.466. The highest BCUT2D eigenvalue weighted by atomic mass is 15.1. The van der Waals surface area contributed by atoms with E-state index in [0.29, 0.717) is 0 Å². The molecule has 10 aromatic rings. The molecule has 0 fully saturated rings. The minimum absolute atomic E-state index is 0.229. The van der Waals surface area contributed by atoms with E-state index in [0.717, 1.165) is 11.4 Å². The van der Waals surface area contributed by atoms with Crippen LogP contribution in [0.3, 0.4) is 0 Å². The van der Waals surface area contributed by atoms with Crippen LogP contribution < -0.4 is 4.90 Å². The average Bonchev–Trinajstić information content (AvgIpc) is 3.86. The Morgan fingerprint density at radius 2 is 0.938 bits per heavy atom. The summed E-state index contributed by atoms with van der Waals surface area (Å²) in [6.07, 6.45) is 5.03. The summed E-state index contributed by atoms with van der Waals surface area (Å²) in [6, 6.07) is 86.8. The van der Waals surface area contributed by atoms with Crippen LogP contribution in [0.4, 0.5) is 11.4 Å². The molecular weight excluding hydrogens is 773 g/mol. The molecule has 0 spiro atoms. The van der Waals surface area contributed by atoms with Gasteiger partial charge in [0.05, 0.1) is 16.4 Å². The molecule has 0 radical (unpaired) electrons. The molecule has 0 N–H and O–H groups in total. The fourth-order valence-electron chi connectivity index (χ4n) is 11.0. The predicted molar refractivity (Wildman–Crippen MR) is 268 cm³/mol. The van der Waals surface area contributed by atoms with Gasteiger partial charge in [-0.2, -0.15) is 0 Å². The van der Waals surface area contributed by atoms with Crippen molar-refractivity contribution in [2.24, 2.45) is 5.92 Å². The first-order valence-electron chi connectivity index (χ1n) is 22.5. The molecule has 9 aromatic carbocycles. The van der Waals surface area contributed by atoms with Gasteiger partial charge < -0.3 is 9.47 Å². The van der Waals surface area contributed by atoms with Crippen LogP contribution in [0.2, 0.25) is 0 Å². The van der Waals surface area contributed by atoms with Crippen molar-refractivity contribution in [3.05, 3.63) is 282 Å². The van der Waals surface area contributed by atoms with Gasteiger partial charge in [-0.15, -0.1) is 0 Å². The summed E-state index contributed by atoms with van der Waals surface area (Å²) in [4.78, 5) is 2.47. The van der Waals surface area contributed by atoms with Crippen molar-refractivity contribution in [1.82, 2.24) is 4.57 Å². The number of anilines is 2. The predicted octanol–water partition coefficient (Wildman–Crippen LogP) is 15.8. The smallest absolute Gasteiger partial charge is 0.0674 e. The molecule has 64 heavy (non-hydrogen) atoms. The summed E-state index contributed by atoms with van der Waals surface area (Å²) in [7, 11) is 0. The van der Waals surface area contributed by atoms with Gasteiger partial charge in [0, 0.05) is 39.4 Å². The molecule has 2 heteroatoms. The molecule has 0 aliphatic heterocycles. The van der Waals surface area contributed by atoms with Crippen molar-refractivity contribution in [3.63, 3.8) is 0 Å². The lowest BCUT2D eigenvalue weighted by Crippen LogP contribution is -2.32. The van der Waals surface area contributed by atoms with Gasteiger partial charge >= 0.3 is 0 Å². The molecule has 2 atom stereocenters. The number of allylic oxidation sites excluding steroid dienone is 3. The first-order chi connectivity index (χ1) is 31.7. The average molecular weight is 819 g/mol. The zero-order valence-electron chi connectivity index (χ0n) is 35.7. The Morgan fingerprint density at radius 1 is 0.438 bits per heavy atom. The number of hydrogen-bond acceptors (Lipinski definition) is 1. The number of aromatic nitrogens is 1. The molecule has 0 bridgehead atoms. The summed E-state index contributed by atoms with van der Waals surface area (Å²) in [6.45, 7) is 2.41. The van der Waals surface area contributed by atoms with Crippen LogP contribution in [0.15, 0.2) is 260 Å². The maximum atomic E-state index is 2.53. The fourth-order valence-corrected chi connectivity index (χ4v) is 11.0. The third-order valence-corrected chi connectivity index (χ3v) is 13.8. The van der Waals surface area contributed by atoms with Crippen LogP contribution in [0.25, 0.3) is 49.7 Å². The Morgan fingerprint density at radius 3 is 1.59 bits per heavy atom. The van der Waals surface area contributed by atoms with E-state index in [1.807, 2.05) is 0 Å². The van der Waals surface area contributed by atoms with Gasteiger partial charge in [-0.1, -0.05) is 195 Å². The van der Waals surface area contributed by atoms with Gasteiger partial charge in [-0.25, -0.2) is 0 Å². The first-order valence-corrected chi connectivity index (χ1v) is 22.5. The molecule has 12 rings (SSSR count). The standard InChI is InChI=1S/C62H46N2/c1-43-40-53(42-58-61(43)55-27-14-16-28-57(55)62(58,48-20-8-3-9-21-48)49-22-10-4-11-23-49)63(51-35-30-45(31-36-51)44-18-6-2-7-19-44)52-37-32-46(33-38-52)47-34-39-60-56(41-47)54-26-15-17-29-59(54)64(60)50-24-12-5-13-25-50/h2-43,61H,1H3. The number of rotatable bonds is 8. The van der Waals surface area contributed by atoms with Crippen LogP contribution in [0.5, 0.6) is 0 Å². The lowest BCUT2D eigenvalue weighted by Gasteiger charge is -2.39. The summed E-state index contributed by atoms with van der Waals surface area (Å²) in [5.41, 5.74) is 18.1. The third-order valence-electron chi connectivity index (χ3n) is 13.8. The Labute approximate surface area is 375 Å². The number of fused-ring (bicyclic) bond motifs is 6. The van der Waals surface area contributed by atoms with Crippen LogP contribution in [-0.4, -0.2) is 4.57 Å². The van der Waals surface area contributed by atoms with Crippen molar-refractivity contribution in [2.75, 3.05) is 4.90 Å². The van der Waals surface area contributed by atoms with E-state index in [1.165, 1.54) is 83.3 Å². The SMILES string of the molecule is CC1C=C(N(c2ccc(-c3ccccc3)cc2)c2ccc(-c3ccc4c(c3)c3ccccc3n4-c3ccccc3)cc2)C=C2C1c1ccccc1C2(c1ccccc1)c1ccccc1. The highest BCUT2D eigenvalue weighted by Crippen LogP contribution is 2.61. The van der Waals surface area contributed by atoms with Crippen LogP contribution in [-0.2, 0) is 5.41 Å². The van der Waals surface area contributed by atoms with Crippen LogP contribution in [0, 0.1) is 5.92 Å². The molecule has 2 aliphatic carbocycles. The maximum Gasteiger partial charge on any atom is 0.0674 e. The number of para-hydroxylation sites is 2. The number of hydrogen-bond donors (Lipinski definition) is 0. The molecule has 304 valence electrons. The second kappa shape index (κ2) is 15.4. The van der Waals surface area contributed by atoms with Gasteiger partial charge in [0.25, 0.3) is 0 Å². The number of benzene rings is 9. The number of nitrogens with zero attached hydrogens (tertiary/aromatic N) is 2. The Balaban J connectivity index is 1.01. The lowest BCUT2D eigenvalue weighted by atomic mass is 9.65. The first kappa shape index (κ1) is 37.8. The second-order valence-corrected chi connectivity index (χ2v) is 17.3. The summed E-state index contributed by atoms with van der Waals surface area (Å²) in [5, 5.41) is 2.51. The molecule has 0 amide bonds. The van der Waals surface area contributed by atoms with E-state index in [4.69, 9.17) is 0 Å². The lowest BCUT2D eigenvalue weighted by molar-refractivity contribution is 0.578. The van der Waals surface area contributed by atoms with E-state index < -0.39 is 5.41 Å². The second-order valence-electron chi connectivity index (χ2n) is 17.3. The van der Waals surface area contributed by atoms with Gasteiger partial charge in [-0.3, -0.25) is 0 Å². The van der Waals surface area contributed by atoms with E-state index in [2.05, 4.69) is 265 Å². The van der Waals surface area contributed by atoms with E-state index in [-0.39, 0.29) is 11.8 Å². The highest BCUT2D eigenvalue weighted by molar-refractivity contribution is 6.10. The van der Waals surface area contributed by atoms with Crippen molar-refractivity contribution >= 4 is 33.2 Å². The fraction of sp³-hybridized carbons (Fsp3) is 0.0645. The molecule has 1 heterocycles. The van der Waals surface area contributed by atoms with Crippen LogP contribution >= 0.6 is 0 Å². The minimum atomic E-state index is -0.452. The maximum absolute atomic E-state index is 2.53. The van der Waals surface area contributed by atoms with Crippen molar-refractivity contribution in [3.8, 4) is 27.9 Å². The molecule has 0 saturated heterocycles. The molecular formula is C62H46N2. The third kappa shape index (κ3) is 6.02. The highest BCUT2D eigenvalue weighted by Gasteiger charge is 2.52. The van der Waals surface area contributed by atoms with Crippen molar-refractivity contribution in [2.45, 2.75) is 18.3 Å². The van der Waals surface area contributed by atoms with Crippen LogP contribution in [0.1, 0.15) is 35.1 Å². The zero-order valence-corrected chi connectivity index (χ0v) is 35.7. The van der Waals surface area contributed by atoms with Gasteiger partial charge in [0.2, 0.25) is 0 Å². The minimum Gasteiger partial charge on any atom is -0.311 e. The molecule has 2 nitrogen and oxygen atoms in total. The van der Waals surface area contributed by atoms with E-state index in [1.54, 1.807) is 0 Å². The van der Waals surface area contributed by atoms with Crippen molar-refractivity contribution in [1.29, 1.82) is 0 Å². The van der Waals surface area contributed by atoms with Gasteiger partial charge in [-0.05, 0) is 117 Å². The summed E-state index contributed by atoms with van der Waals surface area (Å²) >= 11 is 0. The molecule has 1 aromatic heterocycles.